The third kappa shape index (κ3) is 4.71. The highest BCUT2D eigenvalue weighted by molar-refractivity contribution is 5.92. The van der Waals surface area contributed by atoms with E-state index in [9.17, 15) is 4.79 Å². The maximum Gasteiger partial charge on any atom is 0.238 e. The summed E-state index contributed by atoms with van der Waals surface area (Å²) >= 11 is 0. The number of amides is 1. The Morgan fingerprint density at radius 3 is 2.52 bits per heavy atom. The number of nitrogens with one attached hydrogen (secondary N) is 1. The summed E-state index contributed by atoms with van der Waals surface area (Å²) < 4.78 is 0. The lowest BCUT2D eigenvalue weighted by Crippen LogP contribution is -2.39. The number of carbonyl (C=O) groups excluding carboxylic acids is 1. The third-order valence-corrected chi connectivity index (χ3v) is 4.98. The summed E-state index contributed by atoms with van der Waals surface area (Å²) in [5, 5.41) is 3.04. The van der Waals surface area contributed by atoms with E-state index in [2.05, 4.69) is 34.2 Å². The van der Waals surface area contributed by atoms with Gasteiger partial charge in [0.05, 0.1) is 6.54 Å². The van der Waals surface area contributed by atoms with Gasteiger partial charge in [-0.2, -0.15) is 0 Å². The zero-order chi connectivity index (χ0) is 16.1. The minimum absolute atomic E-state index is 0.102. The summed E-state index contributed by atoms with van der Waals surface area (Å²) in [4.78, 5) is 16.9. The van der Waals surface area contributed by atoms with E-state index in [4.69, 9.17) is 0 Å². The average Bonchev–Trinajstić information content (AvgIpc) is 2.56. The van der Waals surface area contributed by atoms with E-state index in [1.165, 1.54) is 37.8 Å². The van der Waals surface area contributed by atoms with Crippen LogP contribution >= 0.6 is 0 Å². The van der Waals surface area contributed by atoms with Gasteiger partial charge in [0.15, 0.2) is 0 Å². The molecule has 0 bridgehead atoms. The van der Waals surface area contributed by atoms with Gasteiger partial charge >= 0.3 is 0 Å². The van der Waals surface area contributed by atoms with Gasteiger partial charge in [-0.3, -0.25) is 9.69 Å². The Balaban J connectivity index is 1.50. The van der Waals surface area contributed by atoms with Crippen LogP contribution in [0.25, 0.3) is 0 Å². The molecule has 2 heterocycles. The molecule has 3 rings (SSSR count). The van der Waals surface area contributed by atoms with Crippen molar-refractivity contribution in [2.75, 3.05) is 42.9 Å². The molecule has 2 saturated heterocycles. The molecule has 2 fully saturated rings. The van der Waals surface area contributed by atoms with Crippen molar-refractivity contribution in [3.63, 3.8) is 0 Å². The largest absolute Gasteiger partial charge is 0.372 e. The molecule has 0 unspecified atom stereocenters. The molecule has 1 amide bonds. The molecule has 1 aromatic carbocycles. The molecule has 1 atom stereocenters. The third-order valence-electron chi connectivity index (χ3n) is 4.98. The molecule has 4 nitrogen and oxygen atoms in total. The molecule has 2 aliphatic rings. The van der Waals surface area contributed by atoms with Crippen LogP contribution in [0.3, 0.4) is 0 Å². The van der Waals surface area contributed by atoms with E-state index in [0.717, 1.165) is 31.9 Å². The van der Waals surface area contributed by atoms with Gasteiger partial charge in [0.2, 0.25) is 5.91 Å². The van der Waals surface area contributed by atoms with Gasteiger partial charge in [-0.15, -0.1) is 0 Å². The van der Waals surface area contributed by atoms with Crippen LogP contribution in [0.2, 0.25) is 0 Å². The minimum Gasteiger partial charge on any atom is -0.372 e. The summed E-state index contributed by atoms with van der Waals surface area (Å²) in [7, 11) is 0. The second-order valence-corrected chi connectivity index (χ2v) is 7.13. The van der Waals surface area contributed by atoms with Gasteiger partial charge in [-0.05, 0) is 68.8 Å². The zero-order valence-electron chi connectivity index (χ0n) is 14.3. The van der Waals surface area contributed by atoms with Crippen LogP contribution in [0.4, 0.5) is 11.4 Å². The number of hydrogen-bond donors (Lipinski definition) is 1. The van der Waals surface area contributed by atoms with Crippen molar-refractivity contribution in [2.24, 2.45) is 5.92 Å². The Hall–Kier alpha value is -1.55. The van der Waals surface area contributed by atoms with Crippen molar-refractivity contribution >= 4 is 17.3 Å². The number of rotatable bonds is 4. The number of nitrogens with zero attached hydrogens (tertiary/aromatic N) is 2. The lowest BCUT2D eigenvalue weighted by molar-refractivity contribution is -0.117. The molecular formula is C19H29N3O. The van der Waals surface area contributed by atoms with Crippen LogP contribution < -0.4 is 10.2 Å². The topological polar surface area (TPSA) is 35.6 Å². The molecule has 1 N–H and O–H groups in total. The Labute approximate surface area is 139 Å². The number of carbonyl (C=O) groups is 1. The zero-order valence-corrected chi connectivity index (χ0v) is 14.3. The van der Waals surface area contributed by atoms with Gasteiger partial charge in [-0.1, -0.05) is 6.92 Å². The van der Waals surface area contributed by atoms with Gasteiger partial charge in [0.1, 0.15) is 0 Å². The second-order valence-electron chi connectivity index (χ2n) is 7.13. The van der Waals surface area contributed by atoms with Crippen molar-refractivity contribution < 1.29 is 4.79 Å². The summed E-state index contributed by atoms with van der Waals surface area (Å²) in [6.07, 6.45) is 6.41. The predicted octanol–water partition coefficient (Wildman–Crippen LogP) is 3.35. The summed E-state index contributed by atoms with van der Waals surface area (Å²) in [5.74, 6) is 0.810. The Morgan fingerprint density at radius 2 is 1.83 bits per heavy atom. The van der Waals surface area contributed by atoms with E-state index >= 15 is 0 Å². The van der Waals surface area contributed by atoms with Crippen molar-refractivity contribution in [1.29, 1.82) is 0 Å². The molecule has 0 aromatic heterocycles. The van der Waals surface area contributed by atoms with E-state index in [0.29, 0.717) is 12.5 Å². The summed E-state index contributed by atoms with van der Waals surface area (Å²) in [6, 6.07) is 8.31. The maximum absolute atomic E-state index is 12.2. The highest BCUT2D eigenvalue weighted by Crippen LogP contribution is 2.22. The monoisotopic (exact) mass is 315 g/mol. The number of hydrogen-bond acceptors (Lipinski definition) is 3. The molecule has 0 radical (unpaired) electrons. The van der Waals surface area contributed by atoms with Crippen molar-refractivity contribution in [2.45, 2.75) is 39.0 Å². The summed E-state index contributed by atoms with van der Waals surface area (Å²) in [6.45, 7) is 7.17. The smallest absolute Gasteiger partial charge is 0.238 e. The molecule has 2 aliphatic heterocycles. The second kappa shape index (κ2) is 7.82. The first-order valence-corrected chi connectivity index (χ1v) is 9.08. The average molecular weight is 315 g/mol. The Bertz CT molecular complexity index is 508. The van der Waals surface area contributed by atoms with E-state index in [1.807, 2.05) is 12.1 Å². The lowest BCUT2D eigenvalue weighted by Gasteiger charge is -2.30. The first-order chi connectivity index (χ1) is 11.2. The molecular weight excluding hydrogens is 286 g/mol. The van der Waals surface area contributed by atoms with E-state index in [1.54, 1.807) is 0 Å². The summed E-state index contributed by atoms with van der Waals surface area (Å²) in [5.41, 5.74) is 2.17. The van der Waals surface area contributed by atoms with Crippen molar-refractivity contribution in [1.82, 2.24) is 4.90 Å². The van der Waals surface area contributed by atoms with Crippen molar-refractivity contribution in [3.8, 4) is 0 Å². The normalized spacial score (nSPS) is 22.8. The highest BCUT2D eigenvalue weighted by atomic mass is 16.2. The van der Waals surface area contributed by atoms with Crippen LogP contribution in [-0.4, -0.2) is 43.5 Å². The van der Waals surface area contributed by atoms with Gasteiger partial charge < -0.3 is 10.2 Å². The fourth-order valence-electron chi connectivity index (χ4n) is 3.74. The number of benzene rings is 1. The first kappa shape index (κ1) is 16.3. The SMILES string of the molecule is C[C@@H]1CCCN(CC(=O)Nc2ccc(N3CCCCC3)cc2)C1. The first-order valence-electron chi connectivity index (χ1n) is 9.08. The molecule has 23 heavy (non-hydrogen) atoms. The Morgan fingerprint density at radius 1 is 1.09 bits per heavy atom. The fraction of sp³-hybridized carbons (Fsp3) is 0.632. The van der Waals surface area contributed by atoms with E-state index < -0.39 is 0 Å². The number of likely N-dealkylation sites (tertiary alicyclic amines) is 1. The van der Waals surface area contributed by atoms with Crippen LogP contribution in [0.1, 0.15) is 39.0 Å². The van der Waals surface area contributed by atoms with Crippen LogP contribution in [0, 0.1) is 5.92 Å². The van der Waals surface area contributed by atoms with Gasteiger partial charge in [0.25, 0.3) is 0 Å². The molecule has 0 saturated carbocycles. The predicted molar refractivity (Wildman–Crippen MR) is 96.0 cm³/mol. The fourth-order valence-corrected chi connectivity index (χ4v) is 3.74. The highest BCUT2D eigenvalue weighted by Gasteiger charge is 2.18. The number of anilines is 2. The molecule has 1 aromatic rings. The maximum atomic E-state index is 12.2. The van der Waals surface area contributed by atoms with Crippen LogP contribution in [-0.2, 0) is 4.79 Å². The van der Waals surface area contributed by atoms with Crippen molar-refractivity contribution in [3.05, 3.63) is 24.3 Å². The minimum atomic E-state index is 0.102. The molecule has 0 aliphatic carbocycles. The lowest BCUT2D eigenvalue weighted by atomic mass is 10.0. The van der Waals surface area contributed by atoms with Gasteiger partial charge in [-0.25, -0.2) is 0 Å². The standard InChI is InChI=1S/C19H29N3O/c1-16-6-5-11-21(14-16)15-19(23)20-17-7-9-18(10-8-17)22-12-3-2-4-13-22/h7-10,16H,2-6,11-15H2,1H3,(H,20,23)/t16-/m1/s1. The van der Waals surface area contributed by atoms with E-state index in [-0.39, 0.29) is 5.91 Å². The van der Waals surface area contributed by atoms with Crippen LogP contribution in [0.5, 0.6) is 0 Å². The molecule has 0 spiro atoms. The van der Waals surface area contributed by atoms with Crippen LogP contribution in [0.15, 0.2) is 24.3 Å². The quantitative estimate of drug-likeness (QED) is 0.925. The Kier molecular flexibility index (Phi) is 5.55. The molecule has 4 heteroatoms. The molecule has 126 valence electrons. The number of piperidine rings is 2. The van der Waals surface area contributed by atoms with Gasteiger partial charge in [0, 0.05) is 31.0 Å².